The van der Waals surface area contributed by atoms with Crippen molar-refractivity contribution in [2.45, 2.75) is 83.1 Å². The summed E-state index contributed by atoms with van der Waals surface area (Å²) in [4.78, 5) is 0. The van der Waals surface area contributed by atoms with Gasteiger partial charge in [0.25, 0.3) is 0 Å². The molecule has 0 aromatic heterocycles. The Labute approximate surface area is 169 Å². The number of rotatable bonds is 0. The van der Waals surface area contributed by atoms with Crippen molar-refractivity contribution in [1.82, 2.24) is 0 Å². The molecule has 0 nitrogen and oxygen atoms in total. The molecule has 0 N–H and O–H groups in total. The third-order valence-corrected chi connectivity index (χ3v) is 6.75. The van der Waals surface area contributed by atoms with Gasteiger partial charge in [0.15, 0.2) is 0 Å². The van der Waals surface area contributed by atoms with Crippen LogP contribution in [0, 0.1) is 83.1 Å². The average molecular weight is 426 g/mol. The van der Waals surface area contributed by atoms with E-state index in [9.17, 15) is 0 Å². The molecule has 2 aromatic rings. The predicted octanol–water partition coefficient (Wildman–Crippen LogP) is 7.07. The van der Waals surface area contributed by atoms with Gasteiger partial charge in [-0.1, -0.05) is 0 Å². The van der Waals surface area contributed by atoms with E-state index in [1.807, 2.05) is 0 Å². The molecule has 0 spiro atoms. The molecule has 0 aliphatic carbocycles. The van der Waals surface area contributed by atoms with Gasteiger partial charge in [-0.05, 0) is 150 Å². The summed E-state index contributed by atoms with van der Waals surface area (Å²) in [6.45, 7) is 26.5. The topological polar surface area (TPSA) is 0 Å². The van der Waals surface area contributed by atoms with Crippen LogP contribution in [0.3, 0.4) is 0 Å². The van der Waals surface area contributed by atoms with Crippen molar-refractivity contribution >= 4 is 0 Å². The first-order valence-electron chi connectivity index (χ1n) is 9.00. The van der Waals surface area contributed by atoms with Crippen molar-refractivity contribution in [3.63, 3.8) is 0 Å². The molecular weight excluding hydrogens is 389 g/mol. The van der Waals surface area contributed by atoms with Crippen molar-refractivity contribution in [2.75, 3.05) is 0 Å². The van der Waals surface area contributed by atoms with Crippen LogP contribution in [-0.4, -0.2) is 0 Å². The van der Waals surface area contributed by atoms with Crippen molar-refractivity contribution < 1.29 is 19.5 Å². The molecule has 25 heavy (non-hydrogen) atoms. The van der Waals surface area contributed by atoms with Crippen LogP contribution in [-0.2, 0) is 19.5 Å². The van der Waals surface area contributed by atoms with E-state index < -0.39 is 0 Å². The van der Waals surface area contributed by atoms with Crippen molar-refractivity contribution in [3.05, 3.63) is 66.8 Å². The average Bonchev–Trinajstić information content (AvgIpc) is 2.58. The quantitative estimate of drug-likeness (QED) is 0.396. The molecule has 0 unspecified atom stereocenters. The van der Waals surface area contributed by atoms with Gasteiger partial charge in [0, 0.05) is 19.5 Å². The third-order valence-electron chi connectivity index (χ3n) is 6.75. The van der Waals surface area contributed by atoms with Crippen molar-refractivity contribution in [3.8, 4) is 0 Å². The van der Waals surface area contributed by atoms with Crippen LogP contribution in [0.5, 0.6) is 0 Å². The Bertz CT molecular complexity index is 502. The first-order chi connectivity index (χ1) is 10.9. The van der Waals surface area contributed by atoms with Gasteiger partial charge in [0.05, 0.1) is 0 Å². The second-order valence-electron chi connectivity index (χ2n) is 7.50. The fourth-order valence-corrected chi connectivity index (χ4v) is 3.38. The molecule has 0 heterocycles. The minimum Gasteiger partial charge on any atom is -0.0447 e. The molecule has 1 heteroatoms. The molecule has 0 amide bonds. The maximum absolute atomic E-state index is 2.21. The summed E-state index contributed by atoms with van der Waals surface area (Å²) in [6.07, 6.45) is 0. The van der Waals surface area contributed by atoms with Gasteiger partial charge >= 0.3 is 0 Å². The van der Waals surface area contributed by atoms with Crippen LogP contribution in [0.2, 0.25) is 0 Å². The molecule has 0 aliphatic rings. The summed E-state index contributed by atoms with van der Waals surface area (Å²) in [5.74, 6) is 0. The fraction of sp³-hybridized carbons (Fsp3) is 0.500. The smallest absolute Gasteiger partial charge is 0 e. The van der Waals surface area contributed by atoms with Gasteiger partial charge in [0.1, 0.15) is 0 Å². The Kier molecular flexibility index (Phi) is 8.79. The summed E-state index contributed by atoms with van der Waals surface area (Å²) in [7, 11) is 0. The summed E-state index contributed by atoms with van der Waals surface area (Å²) in [5.41, 5.74) is 17.5. The van der Waals surface area contributed by atoms with E-state index in [4.69, 9.17) is 0 Å². The van der Waals surface area contributed by atoms with Crippen molar-refractivity contribution in [2.24, 2.45) is 0 Å². The van der Waals surface area contributed by atoms with E-state index in [1.54, 1.807) is 0 Å². The first kappa shape index (κ1) is 24.1. The molecule has 2 aromatic carbocycles. The number of benzene rings is 2. The second-order valence-corrected chi connectivity index (χ2v) is 7.50. The van der Waals surface area contributed by atoms with E-state index in [0.29, 0.717) is 0 Å². The van der Waals surface area contributed by atoms with Gasteiger partial charge in [-0.2, -0.15) is 0 Å². The van der Waals surface area contributed by atoms with Crippen molar-refractivity contribution in [1.29, 1.82) is 0 Å². The summed E-state index contributed by atoms with van der Waals surface area (Å²) >= 11 is 0. The minimum atomic E-state index is 0. The normalized spacial score (nSPS) is 10.1. The standard InChI is InChI=1S/2C12H18.Ru/c2*1-7-8(2)10(4)12(6)11(5)9(7)3;/h2*1-6H3;. The van der Waals surface area contributed by atoms with E-state index in [0.717, 1.165) is 0 Å². The predicted molar refractivity (Wildman–Crippen MR) is 110 cm³/mol. The maximum Gasteiger partial charge on any atom is 0 e. The van der Waals surface area contributed by atoms with Gasteiger partial charge in [-0.25, -0.2) is 0 Å². The molecule has 0 aliphatic heterocycles. The Morgan fingerprint density at radius 3 is 0.280 bits per heavy atom. The Morgan fingerprint density at radius 1 is 0.200 bits per heavy atom. The summed E-state index contributed by atoms with van der Waals surface area (Å²) < 4.78 is 0. The first-order valence-corrected chi connectivity index (χ1v) is 9.00. The van der Waals surface area contributed by atoms with E-state index in [1.165, 1.54) is 66.8 Å². The Balaban J connectivity index is 0.000000443. The van der Waals surface area contributed by atoms with Crippen LogP contribution in [0.1, 0.15) is 66.8 Å². The van der Waals surface area contributed by atoms with Crippen LogP contribution in [0.25, 0.3) is 0 Å². The molecule has 140 valence electrons. The van der Waals surface area contributed by atoms with Crippen LogP contribution < -0.4 is 0 Å². The minimum absolute atomic E-state index is 0. The number of hydrogen-bond donors (Lipinski definition) is 0. The Hall–Kier alpha value is -0.937. The van der Waals surface area contributed by atoms with Gasteiger partial charge in [-0.3, -0.25) is 0 Å². The summed E-state index contributed by atoms with van der Waals surface area (Å²) in [5, 5.41) is 0. The zero-order valence-corrected chi connectivity index (χ0v) is 20.1. The third kappa shape index (κ3) is 4.62. The molecule has 0 saturated heterocycles. The van der Waals surface area contributed by atoms with E-state index >= 15 is 0 Å². The number of hydrogen-bond acceptors (Lipinski definition) is 0. The Morgan fingerprint density at radius 2 is 0.240 bits per heavy atom. The van der Waals surface area contributed by atoms with Gasteiger partial charge < -0.3 is 0 Å². The van der Waals surface area contributed by atoms with E-state index in [2.05, 4.69) is 83.1 Å². The summed E-state index contributed by atoms with van der Waals surface area (Å²) in [6, 6.07) is 0. The molecule has 0 atom stereocenters. The SMILES string of the molecule is Cc1c(C)c(C)c(C)c(C)c1C.Cc1c(C)c(C)c(C)c(C)c1C.[Ru]. The molecule has 0 saturated carbocycles. The molecule has 0 fully saturated rings. The second kappa shape index (κ2) is 9.13. The molecular formula is C24H36Ru. The molecule has 0 radical (unpaired) electrons. The van der Waals surface area contributed by atoms with E-state index in [-0.39, 0.29) is 19.5 Å². The monoisotopic (exact) mass is 426 g/mol. The van der Waals surface area contributed by atoms with Gasteiger partial charge in [0.2, 0.25) is 0 Å². The molecule has 2 rings (SSSR count). The zero-order valence-electron chi connectivity index (χ0n) is 18.4. The largest absolute Gasteiger partial charge is 0.0447 e. The van der Waals surface area contributed by atoms with Crippen LogP contribution in [0.4, 0.5) is 0 Å². The zero-order chi connectivity index (χ0) is 18.9. The molecule has 0 bridgehead atoms. The maximum atomic E-state index is 2.21. The van der Waals surface area contributed by atoms with Crippen LogP contribution in [0.15, 0.2) is 0 Å². The van der Waals surface area contributed by atoms with Crippen LogP contribution >= 0.6 is 0 Å². The van der Waals surface area contributed by atoms with Gasteiger partial charge in [-0.15, -0.1) is 0 Å². The fourth-order valence-electron chi connectivity index (χ4n) is 3.38.